The standard InChI is InChI=1S/C20H26N2O3/c1-21-18(20(23)25-12-9-15-7-10-24-11-8-15)13-16-14-22(2)19-6-4-3-5-17(16)19/h3-6,14-15,18H,1,7-13H2,2H3/t18-/m1/s1. The van der Waals surface area contributed by atoms with Gasteiger partial charge in [0.25, 0.3) is 0 Å². The normalized spacial score (nSPS) is 16.7. The largest absolute Gasteiger partial charge is 0.464 e. The van der Waals surface area contributed by atoms with E-state index in [1.165, 1.54) is 0 Å². The summed E-state index contributed by atoms with van der Waals surface area (Å²) in [6, 6.07) is 7.61. The number of fused-ring (bicyclic) bond motifs is 1. The molecule has 5 nitrogen and oxygen atoms in total. The zero-order valence-corrected chi connectivity index (χ0v) is 14.8. The zero-order chi connectivity index (χ0) is 17.6. The van der Waals surface area contributed by atoms with E-state index in [-0.39, 0.29) is 5.97 Å². The van der Waals surface area contributed by atoms with Crippen LogP contribution in [0.2, 0.25) is 0 Å². The van der Waals surface area contributed by atoms with Gasteiger partial charge in [0.1, 0.15) is 0 Å². The number of nitrogens with zero attached hydrogens (tertiary/aromatic N) is 2. The average molecular weight is 342 g/mol. The van der Waals surface area contributed by atoms with Gasteiger partial charge in [0.15, 0.2) is 6.04 Å². The van der Waals surface area contributed by atoms with Crippen LogP contribution < -0.4 is 0 Å². The van der Waals surface area contributed by atoms with Gasteiger partial charge in [0.2, 0.25) is 0 Å². The summed E-state index contributed by atoms with van der Waals surface area (Å²) in [4.78, 5) is 16.4. The SMILES string of the molecule is C=N[C@H](Cc1cn(C)c2ccccc12)C(=O)OCCC1CCOCC1. The molecule has 25 heavy (non-hydrogen) atoms. The molecule has 0 spiro atoms. The fourth-order valence-corrected chi connectivity index (χ4v) is 3.48. The van der Waals surface area contributed by atoms with Crippen molar-refractivity contribution in [2.75, 3.05) is 19.8 Å². The Labute approximate surface area is 148 Å². The summed E-state index contributed by atoms with van der Waals surface area (Å²) < 4.78 is 12.9. The van der Waals surface area contributed by atoms with E-state index in [2.05, 4.69) is 34.6 Å². The third-order valence-corrected chi connectivity index (χ3v) is 5.00. The number of rotatable bonds is 7. The highest BCUT2D eigenvalue weighted by Crippen LogP contribution is 2.23. The Morgan fingerprint density at radius 3 is 2.92 bits per heavy atom. The predicted molar refractivity (Wildman–Crippen MR) is 99.1 cm³/mol. The lowest BCUT2D eigenvalue weighted by Crippen LogP contribution is -2.25. The number of aryl methyl sites for hydroxylation is 1. The van der Waals surface area contributed by atoms with Crippen LogP contribution in [0.1, 0.15) is 24.8 Å². The van der Waals surface area contributed by atoms with Crippen LogP contribution in [0.5, 0.6) is 0 Å². The topological polar surface area (TPSA) is 52.8 Å². The van der Waals surface area contributed by atoms with Crippen molar-refractivity contribution in [3.8, 4) is 0 Å². The summed E-state index contributed by atoms with van der Waals surface area (Å²) in [5.74, 6) is 0.310. The molecule has 1 aliphatic rings. The molecule has 0 saturated carbocycles. The van der Waals surface area contributed by atoms with Crippen molar-refractivity contribution in [1.29, 1.82) is 0 Å². The molecule has 0 radical (unpaired) electrons. The van der Waals surface area contributed by atoms with Gasteiger partial charge in [-0.1, -0.05) is 18.2 Å². The van der Waals surface area contributed by atoms with Gasteiger partial charge in [-0.2, -0.15) is 0 Å². The highest BCUT2D eigenvalue weighted by Gasteiger charge is 2.21. The van der Waals surface area contributed by atoms with Gasteiger partial charge in [-0.3, -0.25) is 4.99 Å². The second-order valence-corrected chi connectivity index (χ2v) is 6.70. The number of aromatic nitrogens is 1. The lowest BCUT2D eigenvalue weighted by atomic mass is 9.97. The van der Waals surface area contributed by atoms with Gasteiger partial charge in [-0.15, -0.1) is 0 Å². The first-order chi connectivity index (χ1) is 12.2. The molecule has 1 aromatic carbocycles. The first kappa shape index (κ1) is 17.7. The summed E-state index contributed by atoms with van der Waals surface area (Å²) in [5.41, 5.74) is 2.24. The Hall–Kier alpha value is -2.14. The third kappa shape index (κ3) is 4.28. The third-order valence-electron chi connectivity index (χ3n) is 5.00. The monoisotopic (exact) mass is 342 g/mol. The number of hydrogen-bond acceptors (Lipinski definition) is 4. The van der Waals surface area contributed by atoms with E-state index in [1.807, 2.05) is 19.2 Å². The molecule has 5 heteroatoms. The molecule has 1 fully saturated rings. The first-order valence-electron chi connectivity index (χ1n) is 8.92. The molecule has 1 aliphatic heterocycles. The molecule has 1 saturated heterocycles. The van der Waals surface area contributed by atoms with Gasteiger partial charge in [0, 0.05) is 43.8 Å². The van der Waals surface area contributed by atoms with Crippen molar-refractivity contribution >= 4 is 23.6 Å². The molecule has 134 valence electrons. The number of ether oxygens (including phenoxy) is 2. The van der Waals surface area contributed by atoms with E-state index in [0.29, 0.717) is 18.9 Å². The summed E-state index contributed by atoms with van der Waals surface area (Å²) >= 11 is 0. The van der Waals surface area contributed by atoms with Crippen LogP contribution in [-0.4, -0.2) is 43.1 Å². The van der Waals surface area contributed by atoms with Crippen LogP contribution in [0.15, 0.2) is 35.5 Å². The minimum absolute atomic E-state index is 0.282. The molecule has 0 bridgehead atoms. The Bertz CT molecular complexity index is 732. The second-order valence-electron chi connectivity index (χ2n) is 6.70. The zero-order valence-electron chi connectivity index (χ0n) is 14.8. The van der Waals surface area contributed by atoms with Crippen LogP contribution in [0.25, 0.3) is 10.9 Å². The summed E-state index contributed by atoms with van der Waals surface area (Å²) in [5, 5.41) is 1.15. The Balaban J connectivity index is 1.57. The van der Waals surface area contributed by atoms with Crippen molar-refractivity contribution in [1.82, 2.24) is 4.57 Å². The van der Waals surface area contributed by atoms with Crippen molar-refractivity contribution in [3.63, 3.8) is 0 Å². The highest BCUT2D eigenvalue weighted by atomic mass is 16.5. The van der Waals surface area contributed by atoms with E-state index in [9.17, 15) is 4.79 Å². The lowest BCUT2D eigenvalue weighted by Gasteiger charge is -2.21. The van der Waals surface area contributed by atoms with Crippen LogP contribution in [-0.2, 0) is 27.7 Å². The molecule has 2 heterocycles. The second kappa shape index (κ2) is 8.30. The highest BCUT2D eigenvalue weighted by molar-refractivity contribution is 5.85. The number of aliphatic imine (C=N–C) groups is 1. The molecule has 0 amide bonds. The van der Waals surface area contributed by atoms with Crippen molar-refractivity contribution < 1.29 is 14.3 Å². The summed E-state index contributed by atoms with van der Waals surface area (Å²) in [7, 11) is 2.01. The van der Waals surface area contributed by atoms with Crippen molar-refractivity contribution in [2.24, 2.45) is 18.0 Å². The predicted octanol–water partition coefficient (Wildman–Crippen LogP) is 3.15. The Morgan fingerprint density at radius 1 is 1.40 bits per heavy atom. The van der Waals surface area contributed by atoms with E-state index < -0.39 is 6.04 Å². The fraction of sp³-hybridized carbons (Fsp3) is 0.500. The molecule has 1 atom stereocenters. The molecule has 2 aromatic rings. The Morgan fingerprint density at radius 2 is 2.16 bits per heavy atom. The van der Waals surface area contributed by atoms with Gasteiger partial charge in [-0.05, 0) is 43.5 Å². The maximum atomic E-state index is 12.4. The molecule has 1 aromatic heterocycles. The fourth-order valence-electron chi connectivity index (χ4n) is 3.48. The van der Waals surface area contributed by atoms with Crippen molar-refractivity contribution in [3.05, 3.63) is 36.0 Å². The quantitative estimate of drug-likeness (QED) is 0.574. The van der Waals surface area contributed by atoms with Gasteiger partial charge in [-0.25, -0.2) is 4.79 Å². The first-order valence-corrected chi connectivity index (χ1v) is 8.92. The van der Waals surface area contributed by atoms with Gasteiger partial charge >= 0.3 is 5.97 Å². The average Bonchev–Trinajstić information content (AvgIpc) is 2.96. The summed E-state index contributed by atoms with van der Waals surface area (Å²) in [6.45, 7) is 5.67. The van der Waals surface area contributed by atoms with E-state index >= 15 is 0 Å². The number of carbonyl (C=O) groups is 1. The van der Waals surface area contributed by atoms with Crippen LogP contribution >= 0.6 is 0 Å². The smallest absolute Gasteiger partial charge is 0.331 e. The molecular weight excluding hydrogens is 316 g/mol. The molecule has 0 unspecified atom stereocenters. The van der Waals surface area contributed by atoms with E-state index in [0.717, 1.165) is 48.9 Å². The lowest BCUT2D eigenvalue weighted by molar-refractivity contribution is -0.145. The number of carbonyl (C=O) groups excluding carboxylic acids is 1. The Kier molecular flexibility index (Phi) is 5.87. The minimum atomic E-state index is -0.555. The minimum Gasteiger partial charge on any atom is -0.464 e. The van der Waals surface area contributed by atoms with Crippen LogP contribution in [0.4, 0.5) is 0 Å². The molecule has 0 N–H and O–H groups in total. The number of hydrogen-bond donors (Lipinski definition) is 0. The summed E-state index contributed by atoms with van der Waals surface area (Å²) in [6.07, 6.45) is 5.57. The van der Waals surface area contributed by atoms with Crippen LogP contribution in [0, 0.1) is 5.92 Å². The molecule has 3 rings (SSSR count). The number of esters is 1. The van der Waals surface area contributed by atoms with E-state index in [1.54, 1.807) is 0 Å². The van der Waals surface area contributed by atoms with Gasteiger partial charge < -0.3 is 14.0 Å². The van der Waals surface area contributed by atoms with Gasteiger partial charge in [0.05, 0.1) is 6.61 Å². The number of para-hydroxylation sites is 1. The molecule has 0 aliphatic carbocycles. The van der Waals surface area contributed by atoms with E-state index in [4.69, 9.17) is 9.47 Å². The maximum Gasteiger partial charge on any atom is 0.331 e. The maximum absolute atomic E-state index is 12.4. The van der Waals surface area contributed by atoms with Crippen LogP contribution in [0.3, 0.4) is 0 Å². The number of benzene rings is 1. The molecular formula is C20H26N2O3. The van der Waals surface area contributed by atoms with Crippen molar-refractivity contribution in [2.45, 2.75) is 31.7 Å².